The minimum atomic E-state index is -2.53. The summed E-state index contributed by atoms with van der Waals surface area (Å²) in [7, 11) is 0. The number of alkyl halides is 2. The van der Waals surface area contributed by atoms with Gasteiger partial charge in [-0.2, -0.15) is 0 Å². The van der Waals surface area contributed by atoms with Gasteiger partial charge in [0.25, 0.3) is 6.43 Å². The third-order valence-corrected chi connectivity index (χ3v) is 3.31. The van der Waals surface area contributed by atoms with Crippen molar-refractivity contribution in [3.63, 3.8) is 0 Å². The number of carbonyl (C=O) groups excluding carboxylic acids is 1. The predicted molar refractivity (Wildman–Crippen MR) is 62.8 cm³/mol. The summed E-state index contributed by atoms with van der Waals surface area (Å²) in [5.41, 5.74) is 0.102. The van der Waals surface area contributed by atoms with Crippen LogP contribution in [0.1, 0.15) is 13.8 Å². The zero-order valence-corrected chi connectivity index (χ0v) is 10.4. The van der Waals surface area contributed by atoms with Crippen LogP contribution in [-0.2, 0) is 9.53 Å². The molecule has 0 saturated heterocycles. The maximum atomic E-state index is 12.3. The van der Waals surface area contributed by atoms with Gasteiger partial charge in [-0.05, 0) is 19.9 Å². The summed E-state index contributed by atoms with van der Waals surface area (Å²) in [4.78, 5) is 11.3. The molecular formula is C9H10F2INO2. The second kappa shape index (κ2) is 5.43. The van der Waals surface area contributed by atoms with Crippen LogP contribution in [0, 0.1) is 0 Å². The topological polar surface area (TPSA) is 38.7 Å². The number of hydrogen-bond donors (Lipinski definition) is 0. The molecule has 84 valence electrons. The average Bonchev–Trinajstić information content (AvgIpc) is 2.17. The second-order valence-corrected chi connectivity index (χ2v) is 5.34. The van der Waals surface area contributed by atoms with Gasteiger partial charge in [0.2, 0.25) is 0 Å². The monoisotopic (exact) mass is 329 g/mol. The van der Waals surface area contributed by atoms with Gasteiger partial charge in [-0.1, -0.05) is 0 Å². The SMILES string of the molecule is CC(C)OC(=O)C1=CC(C(F)F)=IN=C1. The molecule has 15 heavy (non-hydrogen) atoms. The first-order valence-electron chi connectivity index (χ1n) is 4.26. The van der Waals surface area contributed by atoms with Crippen molar-refractivity contribution in [1.29, 1.82) is 0 Å². The molecule has 1 aliphatic heterocycles. The van der Waals surface area contributed by atoms with E-state index in [1.807, 2.05) is 0 Å². The minimum absolute atomic E-state index is 0.0491. The molecule has 0 aromatic rings. The highest BCUT2D eigenvalue weighted by molar-refractivity contribution is 14.2. The van der Waals surface area contributed by atoms with E-state index in [2.05, 4.69) is 3.21 Å². The smallest absolute Gasteiger partial charge is 0.340 e. The number of ether oxygens (including phenoxy) is 1. The van der Waals surface area contributed by atoms with Crippen LogP contribution < -0.4 is 0 Å². The molecule has 0 aliphatic carbocycles. The number of carbonyl (C=O) groups is 1. The van der Waals surface area contributed by atoms with Crippen molar-refractivity contribution in [2.75, 3.05) is 0 Å². The zero-order valence-electron chi connectivity index (χ0n) is 8.21. The lowest BCUT2D eigenvalue weighted by Crippen LogP contribution is -2.17. The minimum Gasteiger partial charge on any atom is -0.459 e. The Hall–Kier alpha value is -0.660. The fourth-order valence-corrected chi connectivity index (χ4v) is 2.28. The highest BCUT2D eigenvalue weighted by Gasteiger charge is 2.18. The Morgan fingerprint density at radius 2 is 2.20 bits per heavy atom. The van der Waals surface area contributed by atoms with Crippen molar-refractivity contribution in [1.82, 2.24) is 0 Å². The Kier molecular flexibility index (Phi) is 4.49. The maximum absolute atomic E-state index is 12.3. The summed E-state index contributed by atoms with van der Waals surface area (Å²) in [5, 5.41) is 0. The van der Waals surface area contributed by atoms with Crippen LogP contribution in [0.2, 0.25) is 0 Å². The quantitative estimate of drug-likeness (QED) is 0.589. The van der Waals surface area contributed by atoms with Gasteiger partial charge in [-0.15, -0.1) is 0 Å². The highest BCUT2D eigenvalue weighted by Crippen LogP contribution is 2.17. The lowest BCUT2D eigenvalue weighted by atomic mass is 10.2. The van der Waals surface area contributed by atoms with E-state index in [0.717, 1.165) is 0 Å². The molecule has 0 radical (unpaired) electrons. The molecule has 0 amide bonds. The van der Waals surface area contributed by atoms with Crippen LogP contribution in [0.3, 0.4) is 0 Å². The van der Waals surface area contributed by atoms with E-state index < -0.39 is 33.4 Å². The van der Waals surface area contributed by atoms with Crippen molar-refractivity contribution in [2.45, 2.75) is 26.4 Å². The van der Waals surface area contributed by atoms with Crippen molar-refractivity contribution < 1.29 is 18.3 Å². The number of allylic oxidation sites excluding steroid dienone is 1. The summed E-state index contributed by atoms with van der Waals surface area (Å²) in [6, 6.07) is 0. The Bertz CT molecular complexity index is 348. The molecule has 0 bridgehead atoms. The predicted octanol–water partition coefficient (Wildman–Crippen LogP) is 2.27. The summed E-state index contributed by atoms with van der Waals surface area (Å²) in [6.45, 7) is 3.40. The van der Waals surface area contributed by atoms with E-state index in [0.29, 0.717) is 0 Å². The fraction of sp³-hybridized carbons (Fsp3) is 0.444. The van der Waals surface area contributed by atoms with Gasteiger partial charge in [0.05, 0.1) is 15.2 Å². The number of nitrogens with zero attached hydrogens (tertiary/aromatic N) is 1. The van der Waals surface area contributed by atoms with Gasteiger partial charge < -0.3 is 4.74 Å². The van der Waals surface area contributed by atoms with Crippen LogP contribution in [0.25, 0.3) is 0 Å². The molecule has 6 heteroatoms. The molecule has 1 heterocycles. The van der Waals surface area contributed by atoms with Gasteiger partial charge in [0.15, 0.2) is 0 Å². The molecule has 0 unspecified atom stereocenters. The van der Waals surface area contributed by atoms with Gasteiger partial charge >= 0.3 is 5.97 Å². The van der Waals surface area contributed by atoms with Crippen LogP contribution in [0.4, 0.5) is 8.78 Å². The Morgan fingerprint density at radius 3 is 2.73 bits per heavy atom. The van der Waals surface area contributed by atoms with Gasteiger partial charge in [0, 0.05) is 27.2 Å². The van der Waals surface area contributed by atoms with Gasteiger partial charge in [0.1, 0.15) is 0 Å². The lowest BCUT2D eigenvalue weighted by molar-refractivity contribution is -0.141. The average molecular weight is 329 g/mol. The summed E-state index contributed by atoms with van der Waals surface area (Å²) < 4.78 is 33.3. The maximum Gasteiger partial charge on any atom is 0.340 e. The molecule has 0 saturated carbocycles. The van der Waals surface area contributed by atoms with Crippen LogP contribution in [-0.4, -0.2) is 28.2 Å². The first-order valence-corrected chi connectivity index (χ1v) is 6.30. The van der Waals surface area contributed by atoms with Gasteiger partial charge in [-0.3, -0.25) is 0 Å². The molecule has 0 fully saturated rings. The lowest BCUT2D eigenvalue weighted by Gasteiger charge is -2.10. The zero-order chi connectivity index (χ0) is 11.4. The molecule has 0 N–H and O–H groups in total. The van der Waals surface area contributed by atoms with Crippen molar-refractivity contribution in [3.8, 4) is 0 Å². The van der Waals surface area contributed by atoms with E-state index in [9.17, 15) is 13.6 Å². The molecule has 0 aromatic carbocycles. The van der Waals surface area contributed by atoms with E-state index in [-0.39, 0.29) is 15.2 Å². The van der Waals surface area contributed by atoms with Gasteiger partial charge in [-0.25, -0.2) is 16.8 Å². The molecule has 1 aliphatic rings. The Balaban J connectivity index is 2.77. The van der Waals surface area contributed by atoms with E-state index in [4.69, 9.17) is 4.74 Å². The number of halogens is 3. The summed E-state index contributed by atoms with van der Waals surface area (Å²) in [6.07, 6.45) is -0.296. The normalized spacial score (nSPS) is 15.9. The molecule has 0 atom stereocenters. The third-order valence-electron chi connectivity index (χ3n) is 1.41. The summed E-state index contributed by atoms with van der Waals surface area (Å²) >= 11 is -1.01. The largest absolute Gasteiger partial charge is 0.459 e. The van der Waals surface area contributed by atoms with Crippen LogP contribution >= 0.6 is 21.0 Å². The first kappa shape index (κ1) is 12.4. The second-order valence-electron chi connectivity index (χ2n) is 3.05. The number of rotatable bonds is 3. The van der Waals surface area contributed by atoms with Crippen LogP contribution in [0.5, 0.6) is 0 Å². The third kappa shape index (κ3) is 3.77. The number of esters is 1. The molecule has 1 rings (SSSR count). The van der Waals surface area contributed by atoms with Crippen LogP contribution in [0.15, 0.2) is 14.9 Å². The molecule has 3 nitrogen and oxygen atoms in total. The Morgan fingerprint density at radius 1 is 1.53 bits per heavy atom. The molecule has 0 spiro atoms. The standard InChI is InChI=1S/C9H10F2INO2/c1-5(2)15-9(14)6-3-7(8(10)11)12-13-4-6/h3-5,8H,1-2H3. The summed E-state index contributed by atoms with van der Waals surface area (Å²) in [5.74, 6) is -0.601. The van der Waals surface area contributed by atoms with Crippen molar-refractivity contribution in [3.05, 3.63) is 11.6 Å². The van der Waals surface area contributed by atoms with E-state index in [1.54, 1.807) is 13.8 Å². The number of hydrogen-bond acceptors (Lipinski definition) is 3. The first-order chi connectivity index (χ1) is 7.00. The molecule has 0 aromatic heterocycles. The van der Waals surface area contributed by atoms with Crippen molar-refractivity contribution in [2.24, 2.45) is 3.21 Å². The Labute approximate surface area is 96.3 Å². The van der Waals surface area contributed by atoms with E-state index >= 15 is 0 Å². The molecular weight excluding hydrogens is 319 g/mol. The van der Waals surface area contributed by atoms with Crippen molar-refractivity contribution >= 4 is 36.7 Å². The fourth-order valence-electron chi connectivity index (χ4n) is 0.837. The highest BCUT2D eigenvalue weighted by atomic mass is 127. The van der Waals surface area contributed by atoms with E-state index in [1.165, 1.54) is 12.3 Å².